The molecule has 8 nitrogen and oxygen atoms in total. The third kappa shape index (κ3) is 4.92. The van der Waals surface area contributed by atoms with Gasteiger partial charge in [-0.25, -0.2) is 9.78 Å². The first-order valence-electron chi connectivity index (χ1n) is 10.3. The highest BCUT2D eigenvalue weighted by atomic mass is 16.6. The number of ether oxygens (including phenoxy) is 2. The second kappa shape index (κ2) is 8.26. The van der Waals surface area contributed by atoms with E-state index < -0.39 is 23.3 Å². The van der Waals surface area contributed by atoms with Crippen molar-refractivity contribution in [2.45, 2.75) is 65.2 Å². The van der Waals surface area contributed by atoms with Gasteiger partial charge in [0.05, 0.1) is 23.8 Å². The number of hydrogen-bond donors (Lipinski definition) is 1. The predicted molar refractivity (Wildman–Crippen MR) is 113 cm³/mol. The average Bonchev–Trinajstić information content (AvgIpc) is 2.92. The highest BCUT2D eigenvalue weighted by Gasteiger charge is 2.34. The zero-order chi connectivity index (χ0) is 22.1. The summed E-state index contributed by atoms with van der Waals surface area (Å²) in [6.45, 7) is 12.4. The summed E-state index contributed by atoms with van der Waals surface area (Å²) in [5, 5.41) is 3.05. The van der Waals surface area contributed by atoms with Gasteiger partial charge in [-0.1, -0.05) is 6.07 Å². The first-order chi connectivity index (χ1) is 14.0. The number of aryl methyl sites for hydroxylation is 1. The highest BCUT2D eigenvalue weighted by molar-refractivity contribution is 5.82. The number of nitrogens with one attached hydrogen (secondary N) is 1. The van der Waals surface area contributed by atoms with Crippen molar-refractivity contribution >= 4 is 17.5 Å². The second-order valence-electron chi connectivity index (χ2n) is 9.28. The minimum Gasteiger partial charge on any atom is -0.444 e. The van der Waals surface area contributed by atoms with Crippen LogP contribution in [0.2, 0.25) is 0 Å². The number of hydrogen-bond acceptors (Lipinski definition) is 5. The fourth-order valence-electron chi connectivity index (χ4n) is 3.55. The van der Waals surface area contributed by atoms with Gasteiger partial charge < -0.3 is 24.1 Å². The predicted octanol–water partition coefficient (Wildman–Crippen LogP) is 3.02. The zero-order valence-corrected chi connectivity index (χ0v) is 18.7. The van der Waals surface area contributed by atoms with Crippen LogP contribution in [0.3, 0.4) is 0 Å². The molecule has 2 aromatic rings. The summed E-state index contributed by atoms with van der Waals surface area (Å²) in [4.78, 5) is 31.7. The molecule has 1 aliphatic heterocycles. The van der Waals surface area contributed by atoms with Crippen molar-refractivity contribution in [1.82, 2.24) is 19.6 Å². The fraction of sp³-hybridized carbons (Fsp3) is 0.591. The van der Waals surface area contributed by atoms with Gasteiger partial charge in [0.2, 0.25) is 0 Å². The SMILES string of the molecule is Cc1cccn2c(C(C)(C)NC(=O)C3CN(C(=O)OC(C)(C)C)CCCO3)ncc12. The van der Waals surface area contributed by atoms with Crippen molar-refractivity contribution in [3.63, 3.8) is 0 Å². The molecule has 1 fully saturated rings. The third-order valence-corrected chi connectivity index (χ3v) is 5.00. The molecule has 30 heavy (non-hydrogen) atoms. The minimum atomic E-state index is -0.771. The van der Waals surface area contributed by atoms with Gasteiger partial charge in [-0.3, -0.25) is 4.79 Å². The van der Waals surface area contributed by atoms with E-state index in [1.165, 1.54) is 0 Å². The Labute approximate surface area is 177 Å². The summed E-state index contributed by atoms with van der Waals surface area (Å²) < 4.78 is 13.2. The topological polar surface area (TPSA) is 85.2 Å². The van der Waals surface area contributed by atoms with Gasteiger partial charge in [0, 0.05) is 19.3 Å². The lowest BCUT2D eigenvalue weighted by molar-refractivity contribution is -0.134. The normalized spacial score (nSPS) is 18.2. The van der Waals surface area contributed by atoms with Gasteiger partial charge in [0.15, 0.2) is 6.10 Å². The third-order valence-electron chi connectivity index (χ3n) is 5.00. The van der Waals surface area contributed by atoms with Crippen LogP contribution in [0.4, 0.5) is 4.79 Å². The number of nitrogens with zero attached hydrogens (tertiary/aromatic N) is 3. The summed E-state index contributed by atoms with van der Waals surface area (Å²) in [5.74, 6) is 0.451. The molecule has 1 saturated heterocycles. The van der Waals surface area contributed by atoms with Crippen LogP contribution in [0.15, 0.2) is 24.5 Å². The summed E-state index contributed by atoms with van der Waals surface area (Å²) in [5.41, 5.74) is 0.781. The van der Waals surface area contributed by atoms with E-state index in [1.54, 1.807) is 4.90 Å². The molecule has 3 rings (SSSR count). The van der Waals surface area contributed by atoms with E-state index in [0.717, 1.165) is 16.9 Å². The van der Waals surface area contributed by atoms with Gasteiger partial charge in [-0.05, 0) is 59.6 Å². The molecule has 1 unspecified atom stereocenters. The van der Waals surface area contributed by atoms with E-state index >= 15 is 0 Å². The van der Waals surface area contributed by atoms with Crippen LogP contribution in [0.25, 0.3) is 5.52 Å². The molecule has 2 amide bonds. The van der Waals surface area contributed by atoms with Crippen LogP contribution in [0.1, 0.15) is 52.4 Å². The van der Waals surface area contributed by atoms with Crippen LogP contribution in [-0.2, 0) is 19.8 Å². The van der Waals surface area contributed by atoms with Crippen LogP contribution in [-0.4, -0.2) is 57.7 Å². The molecule has 3 heterocycles. The average molecular weight is 417 g/mol. The van der Waals surface area contributed by atoms with Gasteiger partial charge in [-0.2, -0.15) is 0 Å². The number of imidazole rings is 1. The van der Waals surface area contributed by atoms with Crippen molar-refractivity contribution < 1.29 is 19.1 Å². The minimum absolute atomic E-state index is 0.151. The smallest absolute Gasteiger partial charge is 0.410 e. The Morgan fingerprint density at radius 3 is 2.70 bits per heavy atom. The fourth-order valence-corrected chi connectivity index (χ4v) is 3.55. The molecule has 0 spiro atoms. The van der Waals surface area contributed by atoms with E-state index in [1.807, 2.05) is 70.5 Å². The lowest BCUT2D eigenvalue weighted by Gasteiger charge is -2.30. The van der Waals surface area contributed by atoms with Crippen LogP contribution in [0.5, 0.6) is 0 Å². The van der Waals surface area contributed by atoms with Gasteiger partial charge in [0.1, 0.15) is 11.4 Å². The van der Waals surface area contributed by atoms with Crippen molar-refractivity contribution in [1.29, 1.82) is 0 Å². The summed E-state index contributed by atoms with van der Waals surface area (Å²) >= 11 is 0. The quantitative estimate of drug-likeness (QED) is 0.831. The van der Waals surface area contributed by atoms with Crippen LogP contribution in [0, 0.1) is 6.92 Å². The van der Waals surface area contributed by atoms with Gasteiger partial charge >= 0.3 is 6.09 Å². The van der Waals surface area contributed by atoms with E-state index in [4.69, 9.17) is 9.47 Å². The van der Waals surface area contributed by atoms with Crippen LogP contribution >= 0.6 is 0 Å². The number of rotatable bonds is 3. The molecule has 1 aliphatic rings. The number of amides is 2. The van der Waals surface area contributed by atoms with E-state index in [0.29, 0.717) is 19.6 Å². The maximum atomic E-state index is 13.1. The molecule has 1 atom stereocenters. The summed E-state index contributed by atoms with van der Waals surface area (Å²) in [6, 6.07) is 3.98. The number of pyridine rings is 1. The molecule has 2 aromatic heterocycles. The zero-order valence-electron chi connectivity index (χ0n) is 18.7. The Morgan fingerprint density at radius 1 is 1.27 bits per heavy atom. The van der Waals surface area contributed by atoms with Crippen molar-refractivity contribution in [2.75, 3.05) is 19.7 Å². The molecular weight excluding hydrogens is 384 g/mol. The molecule has 164 valence electrons. The standard InChI is InChI=1S/C22H32N4O4/c1-15-9-7-11-26-16(15)13-23-19(26)22(5,6)24-18(27)17-14-25(10-8-12-29-17)20(28)30-21(2,3)4/h7,9,11,13,17H,8,10,12,14H2,1-6H3,(H,24,27). The van der Waals surface area contributed by atoms with Crippen molar-refractivity contribution in [3.05, 3.63) is 35.9 Å². The molecular formula is C22H32N4O4. The number of aromatic nitrogens is 2. The van der Waals surface area contributed by atoms with E-state index in [-0.39, 0.29) is 12.5 Å². The van der Waals surface area contributed by atoms with Crippen molar-refractivity contribution in [2.24, 2.45) is 0 Å². The number of carbonyl (C=O) groups excluding carboxylic acids is 2. The molecule has 0 saturated carbocycles. The molecule has 0 bridgehead atoms. The Bertz CT molecular complexity index is 929. The Morgan fingerprint density at radius 2 is 2.00 bits per heavy atom. The lowest BCUT2D eigenvalue weighted by Crippen LogP contribution is -2.51. The van der Waals surface area contributed by atoms with Gasteiger partial charge in [0.25, 0.3) is 5.91 Å². The lowest BCUT2D eigenvalue weighted by atomic mass is 10.0. The van der Waals surface area contributed by atoms with Gasteiger partial charge in [-0.15, -0.1) is 0 Å². The maximum Gasteiger partial charge on any atom is 0.410 e. The van der Waals surface area contributed by atoms with E-state index in [9.17, 15) is 9.59 Å². The van der Waals surface area contributed by atoms with Crippen LogP contribution < -0.4 is 5.32 Å². The Hall–Kier alpha value is -2.61. The number of fused-ring (bicyclic) bond motifs is 1. The molecule has 8 heteroatoms. The first kappa shape index (κ1) is 22.1. The monoisotopic (exact) mass is 416 g/mol. The highest BCUT2D eigenvalue weighted by Crippen LogP contribution is 2.23. The first-order valence-corrected chi connectivity index (χ1v) is 10.3. The van der Waals surface area contributed by atoms with Crippen molar-refractivity contribution in [3.8, 4) is 0 Å². The second-order valence-corrected chi connectivity index (χ2v) is 9.28. The molecule has 1 N–H and O–H groups in total. The summed E-state index contributed by atoms with van der Waals surface area (Å²) in [7, 11) is 0. The maximum absolute atomic E-state index is 13.1. The summed E-state index contributed by atoms with van der Waals surface area (Å²) in [6.07, 6.45) is 3.19. The molecule has 0 aromatic carbocycles. The number of carbonyl (C=O) groups is 2. The Kier molecular flexibility index (Phi) is 6.08. The van der Waals surface area contributed by atoms with E-state index in [2.05, 4.69) is 10.3 Å². The Balaban J connectivity index is 1.74. The molecule has 0 aliphatic carbocycles. The largest absolute Gasteiger partial charge is 0.444 e. The molecule has 0 radical (unpaired) electrons.